The number of alkyl halides is 3. The highest BCUT2D eigenvalue weighted by atomic mass is 19.4. The number of halogens is 3. The van der Waals surface area contributed by atoms with Crippen LogP contribution in [-0.2, 0) is 6.18 Å². The number of carbonyl (C=O) groups excluding carboxylic acids is 1. The summed E-state index contributed by atoms with van der Waals surface area (Å²) in [5.41, 5.74) is -0.969. The van der Waals surface area contributed by atoms with E-state index in [-0.39, 0.29) is 29.7 Å². The summed E-state index contributed by atoms with van der Waals surface area (Å²) in [7, 11) is 0. The predicted molar refractivity (Wildman–Crippen MR) is 81.6 cm³/mol. The van der Waals surface area contributed by atoms with Crippen LogP contribution in [0.3, 0.4) is 0 Å². The third kappa shape index (κ3) is 4.78. The van der Waals surface area contributed by atoms with E-state index in [1.54, 1.807) is 13.8 Å². The zero-order valence-electron chi connectivity index (χ0n) is 13.4. The molecular weight excluding hydrogens is 341 g/mol. The topological polar surface area (TPSA) is 86.2 Å². The van der Waals surface area contributed by atoms with Gasteiger partial charge in [0.15, 0.2) is 0 Å². The molecule has 0 aliphatic heterocycles. The van der Waals surface area contributed by atoms with Crippen molar-refractivity contribution in [2.75, 3.05) is 18.5 Å². The molecular formula is C15H15F3N4O3. The number of ether oxygens (including phenoxy) is 2. The smallest absolute Gasteiger partial charge is 0.433 e. The maximum atomic E-state index is 12.5. The molecule has 0 unspecified atom stereocenters. The van der Waals surface area contributed by atoms with Crippen LogP contribution in [0, 0.1) is 0 Å². The highest BCUT2D eigenvalue weighted by molar-refractivity contribution is 6.04. The number of nitrogens with zero attached hydrogens (tertiary/aromatic N) is 3. The molecule has 134 valence electrons. The van der Waals surface area contributed by atoms with Crippen molar-refractivity contribution in [3.05, 3.63) is 35.8 Å². The van der Waals surface area contributed by atoms with Crippen molar-refractivity contribution in [1.82, 2.24) is 15.0 Å². The van der Waals surface area contributed by atoms with Crippen molar-refractivity contribution in [3.8, 4) is 11.9 Å². The second kappa shape index (κ2) is 7.77. The monoisotopic (exact) mass is 356 g/mol. The number of aromatic nitrogens is 3. The van der Waals surface area contributed by atoms with Crippen molar-refractivity contribution >= 4 is 11.6 Å². The second-order valence-corrected chi connectivity index (χ2v) is 4.62. The molecule has 2 heterocycles. The van der Waals surface area contributed by atoms with E-state index in [1.165, 1.54) is 6.20 Å². The summed E-state index contributed by atoms with van der Waals surface area (Å²) in [6.45, 7) is 4.13. The standard InChI is InChI=1S/C15H15F3N4O3/c1-3-24-13-10(8-20-14(22-13)25-4-2)21-12(23)9-5-6-11(19-7-9)15(16,17)18/h5-8H,3-4H2,1-2H3,(H,21,23). The van der Waals surface area contributed by atoms with E-state index in [0.29, 0.717) is 6.61 Å². The lowest BCUT2D eigenvalue weighted by Gasteiger charge is -2.11. The van der Waals surface area contributed by atoms with E-state index in [2.05, 4.69) is 20.3 Å². The lowest BCUT2D eigenvalue weighted by Crippen LogP contribution is -2.16. The number of hydrogen-bond donors (Lipinski definition) is 1. The Morgan fingerprint density at radius 3 is 2.40 bits per heavy atom. The van der Waals surface area contributed by atoms with Crippen molar-refractivity contribution in [1.29, 1.82) is 0 Å². The Balaban J connectivity index is 2.19. The Bertz CT molecular complexity index is 736. The molecule has 0 fully saturated rings. The van der Waals surface area contributed by atoms with Gasteiger partial charge in [-0.15, -0.1) is 0 Å². The van der Waals surface area contributed by atoms with Crippen LogP contribution in [0.5, 0.6) is 11.9 Å². The van der Waals surface area contributed by atoms with E-state index in [1.807, 2.05) is 0 Å². The largest absolute Gasteiger partial charge is 0.476 e. The van der Waals surface area contributed by atoms with Crippen LogP contribution in [0.25, 0.3) is 0 Å². The molecule has 0 atom stereocenters. The van der Waals surface area contributed by atoms with Gasteiger partial charge in [-0.2, -0.15) is 18.2 Å². The molecule has 2 rings (SSSR count). The van der Waals surface area contributed by atoms with E-state index >= 15 is 0 Å². The molecule has 1 amide bonds. The zero-order valence-corrected chi connectivity index (χ0v) is 13.4. The maximum Gasteiger partial charge on any atom is 0.433 e. The van der Waals surface area contributed by atoms with Gasteiger partial charge in [0, 0.05) is 6.20 Å². The number of pyridine rings is 1. The first-order valence-corrected chi connectivity index (χ1v) is 7.32. The third-order valence-corrected chi connectivity index (χ3v) is 2.85. The predicted octanol–water partition coefficient (Wildman–Crippen LogP) is 2.94. The number of anilines is 1. The molecule has 1 N–H and O–H groups in total. The van der Waals surface area contributed by atoms with Gasteiger partial charge >= 0.3 is 12.2 Å². The van der Waals surface area contributed by atoms with Gasteiger partial charge in [0.25, 0.3) is 5.91 Å². The average molecular weight is 356 g/mol. The molecule has 0 spiro atoms. The minimum Gasteiger partial charge on any atom is -0.476 e. The summed E-state index contributed by atoms with van der Waals surface area (Å²) in [6.07, 6.45) is -2.44. The Labute approximate surface area is 141 Å². The van der Waals surface area contributed by atoms with Crippen molar-refractivity contribution in [3.63, 3.8) is 0 Å². The molecule has 2 aromatic rings. The van der Waals surface area contributed by atoms with E-state index in [0.717, 1.165) is 18.3 Å². The molecule has 2 aromatic heterocycles. The van der Waals surface area contributed by atoms with Gasteiger partial charge < -0.3 is 14.8 Å². The lowest BCUT2D eigenvalue weighted by atomic mass is 10.2. The fourth-order valence-corrected chi connectivity index (χ4v) is 1.77. The highest BCUT2D eigenvalue weighted by Crippen LogP contribution is 2.28. The Morgan fingerprint density at radius 1 is 1.12 bits per heavy atom. The fourth-order valence-electron chi connectivity index (χ4n) is 1.77. The molecule has 0 aromatic carbocycles. The molecule has 0 aliphatic rings. The van der Waals surface area contributed by atoms with Gasteiger partial charge in [-0.05, 0) is 26.0 Å². The van der Waals surface area contributed by atoms with Gasteiger partial charge in [-0.3, -0.25) is 9.78 Å². The van der Waals surface area contributed by atoms with E-state index in [4.69, 9.17) is 9.47 Å². The van der Waals surface area contributed by atoms with Crippen LogP contribution in [0.4, 0.5) is 18.9 Å². The van der Waals surface area contributed by atoms with Crippen molar-refractivity contribution in [2.24, 2.45) is 0 Å². The fraction of sp³-hybridized carbons (Fsp3) is 0.333. The molecule has 25 heavy (non-hydrogen) atoms. The van der Waals surface area contributed by atoms with E-state index < -0.39 is 17.8 Å². The molecule has 7 nitrogen and oxygen atoms in total. The Kier molecular flexibility index (Phi) is 5.73. The van der Waals surface area contributed by atoms with Gasteiger partial charge in [-0.25, -0.2) is 4.98 Å². The normalized spacial score (nSPS) is 11.1. The zero-order chi connectivity index (χ0) is 18.4. The number of nitrogens with one attached hydrogen (secondary N) is 1. The molecule has 0 saturated heterocycles. The summed E-state index contributed by atoms with van der Waals surface area (Å²) in [4.78, 5) is 23.3. The van der Waals surface area contributed by atoms with Crippen LogP contribution >= 0.6 is 0 Å². The number of carbonyl (C=O) groups is 1. The highest BCUT2D eigenvalue weighted by Gasteiger charge is 2.32. The summed E-state index contributed by atoms with van der Waals surface area (Å²) in [5, 5.41) is 2.47. The van der Waals surface area contributed by atoms with Crippen LogP contribution in [0.2, 0.25) is 0 Å². The third-order valence-electron chi connectivity index (χ3n) is 2.85. The summed E-state index contributed by atoms with van der Waals surface area (Å²) in [5.74, 6) is -0.580. The Hall–Kier alpha value is -2.91. The molecule has 0 aliphatic carbocycles. The molecule has 0 radical (unpaired) electrons. The molecule has 10 heteroatoms. The average Bonchev–Trinajstić information content (AvgIpc) is 2.57. The number of amides is 1. The van der Waals surface area contributed by atoms with Gasteiger partial charge in [0.1, 0.15) is 11.4 Å². The summed E-state index contributed by atoms with van der Waals surface area (Å²) >= 11 is 0. The quantitative estimate of drug-likeness (QED) is 0.856. The van der Waals surface area contributed by atoms with Crippen molar-refractivity contribution < 1.29 is 27.4 Å². The first-order valence-electron chi connectivity index (χ1n) is 7.32. The van der Waals surface area contributed by atoms with Gasteiger partial charge in [-0.1, -0.05) is 0 Å². The second-order valence-electron chi connectivity index (χ2n) is 4.62. The lowest BCUT2D eigenvalue weighted by molar-refractivity contribution is -0.141. The maximum absolute atomic E-state index is 12.5. The molecule has 0 saturated carbocycles. The number of hydrogen-bond acceptors (Lipinski definition) is 6. The SMILES string of the molecule is CCOc1ncc(NC(=O)c2ccc(C(F)(F)F)nc2)c(OCC)n1. The minimum absolute atomic E-state index is 0.0515. The van der Waals surface area contributed by atoms with Crippen LogP contribution in [-0.4, -0.2) is 34.1 Å². The van der Waals surface area contributed by atoms with E-state index in [9.17, 15) is 18.0 Å². The Morgan fingerprint density at radius 2 is 1.84 bits per heavy atom. The first kappa shape index (κ1) is 18.4. The van der Waals surface area contributed by atoms with Crippen LogP contribution in [0.15, 0.2) is 24.5 Å². The van der Waals surface area contributed by atoms with Gasteiger partial charge in [0.05, 0.1) is 25.0 Å². The van der Waals surface area contributed by atoms with Gasteiger partial charge in [0.2, 0.25) is 5.88 Å². The first-order chi connectivity index (χ1) is 11.8. The van der Waals surface area contributed by atoms with Crippen molar-refractivity contribution in [2.45, 2.75) is 20.0 Å². The number of rotatable bonds is 6. The van der Waals surface area contributed by atoms with Crippen LogP contribution in [0.1, 0.15) is 29.9 Å². The summed E-state index contributed by atoms with van der Waals surface area (Å²) < 4.78 is 48.0. The minimum atomic E-state index is -4.57. The summed E-state index contributed by atoms with van der Waals surface area (Å²) in [6, 6.07) is 1.84. The van der Waals surface area contributed by atoms with Crippen LogP contribution < -0.4 is 14.8 Å². The molecule has 0 bridgehead atoms.